The van der Waals surface area contributed by atoms with Crippen LogP contribution >= 0.6 is 0 Å². The number of aryl methyl sites for hydroxylation is 2. The minimum atomic E-state index is 0.787. The molecule has 0 aromatic heterocycles. The first-order valence-corrected chi connectivity index (χ1v) is 10.4. The zero-order valence-electron chi connectivity index (χ0n) is 16.4. The normalized spacial score (nSPS) is 20.6. The molecule has 1 aliphatic rings. The molecule has 134 valence electrons. The molecule has 0 heterocycles. The van der Waals surface area contributed by atoms with Crippen LogP contribution in [0.1, 0.15) is 80.9 Å². The van der Waals surface area contributed by atoms with Gasteiger partial charge in [0.25, 0.3) is 0 Å². The highest BCUT2D eigenvalue weighted by molar-refractivity contribution is 5.70. The minimum Gasteiger partial charge on any atom is -0.0654 e. The van der Waals surface area contributed by atoms with Crippen molar-refractivity contribution in [2.75, 3.05) is 0 Å². The standard InChI is InChI=1S/C25H34/c1-4-5-6-10-21-11-13-22(14-12-21)23-15-17-24(18-16-23)25-19(2)8-7-9-20(25)3/h7-9,15-18,21-22H,4-6,10-14H2,1-3H3. The predicted molar refractivity (Wildman–Crippen MR) is 110 cm³/mol. The van der Waals surface area contributed by atoms with Gasteiger partial charge in [-0.05, 0) is 79.2 Å². The van der Waals surface area contributed by atoms with Crippen LogP contribution in [0.3, 0.4) is 0 Å². The fraction of sp³-hybridized carbons (Fsp3) is 0.520. The quantitative estimate of drug-likeness (QED) is 0.472. The lowest BCUT2D eigenvalue weighted by molar-refractivity contribution is 0.303. The molecule has 0 atom stereocenters. The second-order valence-corrected chi connectivity index (χ2v) is 8.10. The molecule has 0 unspecified atom stereocenters. The van der Waals surface area contributed by atoms with Crippen molar-refractivity contribution in [3.63, 3.8) is 0 Å². The Labute approximate surface area is 154 Å². The lowest BCUT2D eigenvalue weighted by atomic mass is 9.77. The fourth-order valence-electron chi connectivity index (χ4n) is 4.66. The van der Waals surface area contributed by atoms with Gasteiger partial charge >= 0.3 is 0 Å². The van der Waals surface area contributed by atoms with E-state index in [1.54, 1.807) is 5.56 Å². The molecule has 1 fully saturated rings. The van der Waals surface area contributed by atoms with Crippen molar-refractivity contribution in [2.45, 2.75) is 78.1 Å². The third-order valence-corrected chi connectivity index (χ3v) is 6.21. The second-order valence-electron chi connectivity index (χ2n) is 8.10. The molecule has 0 bridgehead atoms. The first-order valence-electron chi connectivity index (χ1n) is 10.4. The Morgan fingerprint density at radius 1 is 0.800 bits per heavy atom. The molecule has 0 spiro atoms. The zero-order valence-corrected chi connectivity index (χ0v) is 16.4. The molecule has 1 aliphatic carbocycles. The van der Waals surface area contributed by atoms with E-state index in [0.29, 0.717) is 0 Å². The summed E-state index contributed by atoms with van der Waals surface area (Å²) in [6.45, 7) is 6.74. The van der Waals surface area contributed by atoms with Crippen molar-refractivity contribution in [2.24, 2.45) is 5.92 Å². The maximum Gasteiger partial charge on any atom is -0.0125 e. The van der Waals surface area contributed by atoms with Crippen LogP contribution in [0.5, 0.6) is 0 Å². The summed E-state index contributed by atoms with van der Waals surface area (Å²) in [5, 5.41) is 0. The summed E-state index contributed by atoms with van der Waals surface area (Å²) in [6.07, 6.45) is 11.3. The van der Waals surface area contributed by atoms with Crippen LogP contribution in [0.25, 0.3) is 11.1 Å². The number of rotatable bonds is 6. The molecule has 1 saturated carbocycles. The smallest absolute Gasteiger partial charge is 0.0125 e. The molecule has 0 nitrogen and oxygen atoms in total. The van der Waals surface area contributed by atoms with Gasteiger partial charge < -0.3 is 0 Å². The molecule has 25 heavy (non-hydrogen) atoms. The van der Waals surface area contributed by atoms with Crippen LogP contribution in [0, 0.1) is 19.8 Å². The van der Waals surface area contributed by atoms with E-state index in [0.717, 1.165) is 11.8 Å². The van der Waals surface area contributed by atoms with E-state index in [2.05, 4.69) is 63.2 Å². The molecule has 2 aromatic carbocycles. The van der Waals surface area contributed by atoms with Crippen LogP contribution in [-0.4, -0.2) is 0 Å². The van der Waals surface area contributed by atoms with Crippen molar-refractivity contribution in [1.82, 2.24) is 0 Å². The van der Waals surface area contributed by atoms with Crippen molar-refractivity contribution < 1.29 is 0 Å². The fourth-order valence-corrected chi connectivity index (χ4v) is 4.66. The predicted octanol–water partition coefficient (Wildman–Crippen LogP) is 7.82. The average molecular weight is 335 g/mol. The highest BCUT2D eigenvalue weighted by Crippen LogP contribution is 2.38. The Kier molecular flexibility index (Phi) is 6.34. The third kappa shape index (κ3) is 4.54. The van der Waals surface area contributed by atoms with Gasteiger partial charge in [0.05, 0.1) is 0 Å². The van der Waals surface area contributed by atoms with Crippen LogP contribution in [0.4, 0.5) is 0 Å². The molecular weight excluding hydrogens is 300 g/mol. The molecule has 0 heteroatoms. The molecule has 0 saturated heterocycles. The minimum absolute atomic E-state index is 0.787. The molecule has 2 aromatic rings. The highest BCUT2D eigenvalue weighted by atomic mass is 14.3. The van der Waals surface area contributed by atoms with Crippen molar-refractivity contribution in [3.05, 3.63) is 59.2 Å². The summed E-state index contributed by atoms with van der Waals surface area (Å²) in [5.74, 6) is 1.78. The molecule has 3 rings (SSSR count). The molecule has 0 N–H and O–H groups in total. The van der Waals surface area contributed by atoms with Gasteiger partial charge in [-0.25, -0.2) is 0 Å². The van der Waals surface area contributed by atoms with Gasteiger partial charge in [0.2, 0.25) is 0 Å². The number of hydrogen-bond donors (Lipinski definition) is 0. The summed E-state index contributed by atoms with van der Waals surface area (Å²) in [4.78, 5) is 0. The summed E-state index contributed by atoms with van der Waals surface area (Å²) >= 11 is 0. The first kappa shape index (κ1) is 18.2. The zero-order chi connectivity index (χ0) is 17.6. The summed E-state index contributed by atoms with van der Waals surface area (Å²) < 4.78 is 0. The van der Waals surface area contributed by atoms with E-state index in [1.807, 2.05) is 0 Å². The highest BCUT2D eigenvalue weighted by Gasteiger charge is 2.22. The lowest BCUT2D eigenvalue weighted by Gasteiger charge is -2.29. The van der Waals surface area contributed by atoms with E-state index in [1.165, 1.54) is 73.6 Å². The molecule has 0 radical (unpaired) electrons. The number of benzene rings is 2. The van der Waals surface area contributed by atoms with E-state index >= 15 is 0 Å². The van der Waals surface area contributed by atoms with Crippen LogP contribution in [-0.2, 0) is 0 Å². The van der Waals surface area contributed by atoms with E-state index < -0.39 is 0 Å². The van der Waals surface area contributed by atoms with E-state index in [-0.39, 0.29) is 0 Å². The largest absolute Gasteiger partial charge is 0.0654 e. The Morgan fingerprint density at radius 2 is 1.44 bits per heavy atom. The Bertz CT molecular complexity index is 637. The van der Waals surface area contributed by atoms with Gasteiger partial charge in [-0.3, -0.25) is 0 Å². The second kappa shape index (κ2) is 8.70. The van der Waals surface area contributed by atoms with Crippen LogP contribution in [0.15, 0.2) is 42.5 Å². The monoisotopic (exact) mass is 334 g/mol. The third-order valence-electron chi connectivity index (χ3n) is 6.21. The lowest BCUT2D eigenvalue weighted by Crippen LogP contribution is -2.13. The Morgan fingerprint density at radius 3 is 2.04 bits per heavy atom. The van der Waals surface area contributed by atoms with Crippen LogP contribution in [0.2, 0.25) is 0 Å². The SMILES string of the molecule is CCCCCC1CCC(c2ccc(-c3c(C)cccc3C)cc2)CC1. The summed E-state index contributed by atoms with van der Waals surface area (Å²) in [6, 6.07) is 16.1. The average Bonchev–Trinajstić information content (AvgIpc) is 2.63. The van der Waals surface area contributed by atoms with Gasteiger partial charge in [-0.15, -0.1) is 0 Å². The topological polar surface area (TPSA) is 0 Å². The van der Waals surface area contributed by atoms with E-state index in [4.69, 9.17) is 0 Å². The Balaban J connectivity index is 1.62. The van der Waals surface area contributed by atoms with Gasteiger partial charge in [0.15, 0.2) is 0 Å². The first-order chi connectivity index (χ1) is 12.2. The summed E-state index contributed by atoms with van der Waals surface area (Å²) in [7, 11) is 0. The maximum absolute atomic E-state index is 2.39. The Hall–Kier alpha value is -1.56. The van der Waals surface area contributed by atoms with Gasteiger partial charge in [-0.2, -0.15) is 0 Å². The molecule has 0 aliphatic heterocycles. The maximum atomic E-state index is 2.39. The van der Waals surface area contributed by atoms with Gasteiger partial charge in [0.1, 0.15) is 0 Å². The number of unbranched alkanes of at least 4 members (excludes halogenated alkanes) is 2. The van der Waals surface area contributed by atoms with Crippen molar-refractivity contribution >= 4 is 0 Å². The molecular formula is C25H34. The number of hydrogen-bond acceptors (Lipinski definition) is 0. The van der Waals surface area contributed by atoms with Crippen LogP contribution < -0.4 is 0 Å². The van der Waals surface area contributed by atoms with Gasteiger partial charge in [0, 0.05) is 0 Å². The van der Waals surface area contributed by atoms with Gasteiger partial charge in [-0.1, -0.05) is 75.1 Å². The van der Waals surface area contributed by atoms with Crippen molar-refractivity contribution in [1.29, 1.82) is 0 Å². The molecule has 0 amide bonds. The van der Waals surface area contributed by atoms with Crippen molar-refractivity contribution in [3.8, 4) is 11.1 Å². The van der Waals surface area contributed by atoms with E-state index in [9.17, 15) is 0 Å². The summed E-state index contributed by atoms with van der Waals surface area (Å²) in [5.41, 5.74) is 7.09.